The third-order valence-electron chi connectivity index (χ3n) is 3.25. The molecule has 1 amide bonds. The first-order valence-electron chi connectivity index (χ1n) is 6.92. The van der Waals surface area contributed by atoms with Crippen LogP contribution in [0.5, 0.6) is 0 Å². The van der Waals surface area contributed by atoms with E-state index in [0.29, 0.717) is 5.76 Å². The van der Waals surface area contributed by atoms with Crippen LogP contribution in [0.1, 0.15) is 29.0 Å². The molecule has 7 nitrogen and oxygen atoms in total. The van der Waals surface area contributed by atoms with Crippen LogP contribution < -0.4 is 10.0 Å². The first kappa shape index (κ1) is 16.0. The minimum Gasteiger partial charge on any atom is -0.360 e. The topological polar surface area (TPSA) is 101 Å². The Morgan fingerprint density at radius 3 is 2.70 bits per heavy atom. The molecule has 1 aliphatic rings. The predicted octanol–water partition coefficient (Wildman–Crippen LogP) is 2.33. The standard InChI is InChI=1S/C14H14ClN3O4S/c1-8-6-13(17-22-8)16-14(19)9-2-5-11(15)12(7-9)23(20,21)18-10-3-4-10/h2,5-7,10,18H,3-4H2,1H3,(H,16,17,19). The molecule has 122 valence electrons. The van der Waals surface area contributed by atoms with Gasteiger partial charge in [0.2, 0.25) is 10.0 Å². The van der Waals surface area contributed by atoms with Gasteiger partial charge >= 0.3 is 0 Å². The number of nitrogens with zero attached hydrogens (tertiary/aromatic N) is 1. The van der Waals surface area contributed by atoms with Gasteiger partial charge in [-0.25, -0.2) is 13.1 Å². The smallest absolute Gasteiger partial charge is 0.256 e. The molecule has 9 heteroatoms. The minimum absolute atomic E-state index is 0.0494. The van der Waals surface area contributed by atoms with Crippen LogP contribution in [0.2, 0.25) is 5.02 Å². The molecule has 1 aliphatic carbocycles. The van der Waals surface area contributed by atoms with Crippen LogP contribution in [0.25, 0.3) is 0 Å². The van der Waals surface area contributed by atoms with E-state index in [1.54, 1.807) is 13.0 Å². The van der Waals surface area contributed by atoms with E-state index in [-0.39, 0.29) is 27.3 Å². The number of rotatable bonds is 5. The van der Waals surface area contributed by atoms with Crippen LogP contribution in [-0.2, 0) is 10.0 Å². The molecule has 0 spiro atoms. The molecule has 1 heterocycles. The Hall–Kier alpha value is -1.90. The average Bonchev–Trinajstić information content (AvgIpc) is 3.19. The maximum atomic E-state index is 12.3. The van der Waals surface area contributed by atoms with Gasteiger partial charge in [0.05, 0.1) is 5.02 Å². The number of benzene rings is 1. The molecule has 0 unspecified atom stereocenters. The molecular weight excluding hydrogens is 342 g/mol. The van der Waals surface area contributed by atoms with Crippen molar-refractivity contribution in [3.8, 4) is 0 Å². The first-order valence-corrected chi connectivity index (χ1v) is 8.78. The summed E-state index contributed by atoms with van der Waals surface area (Å²) in [5, 5.41) is 6.24. The molecule has 2 aromatic rings. The zero-order valence-electron chi connectivity index (χ0n) is 12.2. The number of amides is 1. The molecule has 23 heavy (non-hydrogen) atoms. The Bertz CT molecular complexity index is 859. The van der Waals surface area contributed by atoms with Crippen LogP contribution >= 0.6 is 11.6 Å². The lowest BCUT2D eigenvalue weighted by atomic mass is 10.2. The normalized spacial score (nSPS) is 14.7. The fourth-order valence-corrected chi connectivity index (χ4v) is 3.78. The Balaban J connectivity index is 1.85. The van der Waals surface area contributed by atoms with Crippen molar-refractivity contribution in [2.75, 3.05) is 5.32 Å². The van der Waals surface area contributed by atoms with Gasteiger partial charge in [-0.15, -0.1) is 0 Å². The quantitative estimate of drug-likeness (QED) is 0.857. The lowest BCUT2D eigenvalue weighted by Gasteiger charge is -2.09. The van der Waals surface area contributed by atoms with Crippen molar-refractivity contribution < 1.29 is 17.7 Å². The van der Waals surface area contributed by atoms with Gasteiger partial charge in [0.1, 0.15) is 10.7 Å². The Kier molecular flexibility index (Phi) is 4.13. The number of nitrogens with one attached hydrogen (secondary N) is 2. The summed E-state index contributed by atoms with van der Waals surface area (Å²) in [5.41, 5.74) is 0.159. The van der Waals surface area contributed by atoms with Crippen LogP contribution in [0.4, 0.5) is 5.82 Å². The van der Waals surface area contributed by atoms with Gasteiger partial charge in [-0.05, 0) is 38.0 Å². The summed E-state index contributed by atoms with van der Waals surface area (Å²) in [6.07, 6.45) is 1.62. The van der Waals surface area contributed by atoms with Crippen molar-refractivity contribution in [1.82, 2.24) is 9.88 Å². The molecule has 1 saturated carbocycles. The van der Waals surface area contributed by atoms with Gasteiger partial charge in [-0.3, -0.25) is 4.79 Å². The molecule has 0 saturated heterocycles. The summed E-state index contributed by atoms with van der Waals surface area (Å²) in [6.45, 7) is 1.69. The summed E-state index contributed by atoms with van der Waals surface area (Å²) in [5.74, 6) is 0.300. The van der Waals surface area contributed by atoms with Crippen LogP contribution in [-0.4, -0.2) is 25.5 Å². The van der Waals surface area contributed by atoms with E-state index in [2.05, 4.69) is 15.2 Å². The van der Waals surface area contributed by atoms with Gasteiger partial charge in [-0.1, -0.05) is 16.8 Å². The van der Waals surface area contributed by atoms with E-state index in [0.717, 1.165) is 12.8 Å². The molecule has 1 aromatic heterocycles. The average molecular weight is 356 g/mol. The second kappa shape index (κ2) is 5.95. The summed E-state index contributed by atoms with van der Waals surface area (Å²) >= 11 is 5.97. The molecular formula is C14H14ClN3O4S. The predicted molar refractivity (Wildman–Crippen MR) is 84.0 cm³/mol. The maximum Gasteiger partial charge on any atom is 0.256 e. The lowest BCUT2D eigenvalue weighted by Crippen LogP contribution is -2.26. The molecule has 0 aliphatic heterocycles. The number of hydrogen-bond donors (Lipinski definition) is 2. The fraction of sp³-hybridized carbons (Fsp3) is 0.286. The summed E-state index contributed by atoms with van der Waals surface area (Å²) in [7, 11) is -3.75. The van der Waals surface area contributed by atoms with Crippen molar-refractivity contribution in [3.63, 3.8) is 0 Å². The van der Waals surface area contributed by atoms with Crippen LogP contribution in [0.15, 0.2) is 33.7 Å². The number of aromatic nitrogens is 1. The Morgan fingerprint density at radius 1 is 1.35 bits per heavy atom. The molecule has 1 fully saturated rings. The lowest BCUT2D eigenvalue weighted by molar-refractivity contribution is 0.102. The third-order valence-corrected chi connectivity index (χ3v) is 5.25. The zero-order valence-corrected chi connectivity index (χ0v) is 13.7. The number of halogens is 1. The van der Waals surface area contributed by atoms with E-state index < -0.39 is 15.9 Å². The van der Waals surface area contributed by atoms with Crippen molar-refractivity contribution in [2.24, 2.45) is 0 Å². The largest absolute Gasteiger partial charge is 0.360 e. The van der Waals surface area contributed by atoms with Crippen LogP contribution in [0, 0.1) is 6.92 Å². The fourth-order valence-electron chi connectivity index (χ4n) is 1.95. The zero-order chi connectivity index (χ0) is 16.6. The van der Waals surface area contributed by atoms with Crippen molar-refractivity contribution >= 4 is 33.3 Å². The van der Waals surface area contributed by atoms with Crippen LogP contribution in [0.3, 0.4) is 0 Å². The number of carbonyl (C=O) groups excluding carboxylic acids is 1. The number of anilines is 1. The molecule has 0 bridgehead atoms. The second-order valence-electron chi connectivity index (χ2n) is 5.32. The molecule has 2 N–H and O–H groups in total. The van der Waals surface area contributed by atoms with Gasteiger partial charge in [-0.2, -0.15) is 0 Å². The minimum atomic E-state index is -3.75. The van der Waals surface area contributed by atoms with Crippen molar-refractivity contribution in [2.45, 2.75) is 30.7 Å². The maximum absolute atomic E-state index is 12.3. The number of hydrogen-bond acceptors (Lipinski definition) is 5. The summed E-state index contributed by atoms with van der Waals surface area (Å²) in [4.78, 5) is 12.1. The van der Waals surface area contributed by atoms with Gasteiger partial charge in [0.15, 0.2) is 5.82 Å². The van der Waals surface area contributed by atoms with Gasteiger partial charge in [0.25, 0.3) is 5.91 Å². The van der Waals surface area contributed by atoms with E-state index >= 15 is 0 Å². The molecule has 0 atom stereocenters. The monoisotopic (exact) mass is 355 g/mol. The van der Waals surface area contributed by atoms with Crippen molar-refractivity contribution in [3.05, 3.63) is 40.6 Å². The van der Waals surface area contributed by atoms with Crippen molar-refractivity contribution in [1.29, 1.82) is 0 Å². The SMILES string of the molecule is Cc1cc(NC(=O)c2ccc(Cl)c(S(=O)(=O)NC3CC3)c2)no1. The summed E-state index contributed by atoms with van der Waals surface area (Å²) in [6, 6.07) is 5.58. The van der Waals surface area contributed by atoms with E-state index in [9.17, 15) is 13.2 Å². The highest BCUT2D eigenvalue weighted by Gasteiger charge is 2.29. The second-order valence-corrected chi connectivity index (χ2v) is 7.41. The number of carbonyl (C=O) groups is 1. The molecule has 0 radical (unpaired) electrons. The highest BCUT2D eigenvalue weighted by Crippen LogP contribution is 2.27. The number of aryl methyl sites for hydroxylation is 1. The Morgan fingerprint density at radius 2 is 2.09 bits per heavy atom. The molecule has 1 aromatic carbocycles. The van der Waals surface area contributed by atoms with Gasteiger partial charge in [0, 0.05) is 17.7 Å². The van der Waals surface area contributed by atoms with E-state index in [1.165, 1.54) is 18.2 Å². The van der Waals surface area contributed by atoms with E-state index in [1.807, 2.05) is 0 Å². The van der Waals surface area contributed by atoms with E-state index in [4.69, 9.17) is 16.1 Å². The highest BCUT2D eigenvalue weighted by atomic mass is 35.5. The highest BCUT2D eigenvalue weighted by molar-refractivity contribution is 7.89. The van der Waals surface area contributed by atoms with Gasteiger partial charge < -0.3 is 9.84 Å². The third kappa shape index (κ3) is 3.72. The number of sulfonamides is 1. The first-order chi connectivity index (χ1) is 10.8. The summed E-state index contributed by atoms with van der Waals surface area (Å²) < 4.78 is 32.0. The molecule has 3 rings (SSSR count). The Labute approximate surface area is 138 Å².